The molecule has 8 atom stereocenters. The molecule has 6 heterocycles. The first-order valence-electron chi connectivity index (χ1n) is 12.1. The molecule has 228 valence electrons. The number of phosphoric acid groups is 1. The van der Waals surface area contributed by atoms with Crippen LogP contribution in [0.15, 0.2) is 25.3 Å². The van der Waals surface area contributed by atoms with E-state index in [1.807, 2.05) is 0 Å². The third-order valence-corrected chi connectivity index (χ3v) is 7.65. The second kappa shape index (κ2) is 12.2. The van der Waals surface area contributed by atoms with E-state index in [0.29, 0.717) is 27.0 Å². The number of H-pyrrole nitrogens is 2. The van der Waals surface area contributed by atoms with Gasteiger partial charge in [0, 0.05) is 0 Å². The van der Waals surface area contributed by atoms with Crippen LogP contribution in [0.5, 0.6) is 0 Å². The maximum atomic E-state index is 10.7. The fourth-order valence-electron chi connectivity index (χ4n) is 4.51. The molecule has 2 saturated heterocycles. The van der Waals surface area contributed by atoms with E-state index < -0.39 is 63.5 Å². The van der Waals surface area contributed by atoms with E-state index in [2.05, 4.69) is 34.4 Å². The highest BCUT2D eigenvalue weighted by Gasteiger charge is 2.45. The van der Waals surface area contributed by atoms with Crippen LogP contribution in [-0.4, -0.2) is 124 Å². The number of nitrogens with one attached hydrogen (secondary N) is 2. The summed E-state index contributed by atoms with van der Waals surface area (Å²) < 4.78 is 29.5. The lowest BCUT2D eigenvalue weighted by molar-refractivity contribution is -0.0511. The van der Waals surface area contributed by atoms with E-state index in [4.69, 9.17) is 48.8 Å². The zero-order valence-electron chi connectivity index (χ0n) is 21.1. The molecule has 4 aromatic rings. The van der Waals surface area contributed by atoms with Crippen LogP contribution in [-0.2, 0) is 18.6 Å². The summed E-state index contributed by atoms with van der Waals surface area (Å²) in [5.74, 6) is 0. The normalized spacial score (nSPS) is 29.7. The summed E-state index contributed by atoms with van der Waals surface area (Å²) in [6, 6.07) is 0. The molecular weight excluding hydrogens is 623 g/mol. The number of rotatable bonds is 6. The van der Waals surface area contributed by atoms with E-state index in [0.717, 1.165) is 0 Å². The second-order valence-electron chi connectivity index (χ2n) is 9.17. The highest BCUT2D eigenvalue weighted by molar-refractivity contribution is 7.71. The molecule has 0 aromatic carbocycles. The zero-order valence-corrected chi connectivity index (χ0v) is 23.6. The van der Waals surface area contributed by atoms with Gasteiger partial charge in [-0.1, -0.05) is 24.4 Å². The van der Waals surface area contributed by atoms with Gasteiger partial charge >= 0.3 is 7.82 Å². The molecule has 6 rings (SSSR count). The van der Waals surface area contributed by atoms with Crippen LogP contribution in [0.4, 0.5) is 0 Å². The highest BCUT2D eigenvalue weighted by atomic mass is 32.1. The minimum Gasteiger partial charge on any atom is -0.394 e. The van der Waals surface area contributed by atoms with E-state index >= 15 is 0 Å². The molecule has 22 heteroatoms. The van der Waals surface area contributed by atoms with Gasteiger partial charge in [0.2, 0.25) is 0 Å². The molecule has 0 radical (unpaired) electrons. The molecule has 0 aliphatic carbocycles. The molecule has 9 N–H and O–H groups in total. The molecule has 2 aliphatic rings. The predicted molar refractivity (Wildman–Crippen MR) is 142 cm³/mol. The van der Waals surface area contributed by atoms with Gasteiger partial charge in [0.15, 0.2) is 21.7 Å². The van der Waals surface area contributed by atoms with Crippen molar-refractivity contribution in [1.82, 2.24) is 39.0 Å². The van der Waals surface area contributed by atoms with Gasteiger partial charge in [-0.05, 0) is 0 Å². The number of hydrogen-bond acceptors (Lipinski definition) is 15. The van der Waals surface area contributed by atoms with Crippen molar-refractivity contribution in [3.63, 3.8) is 0 Å². The Hall–Kier alpha value is -2.63. The number of aliphatic hydroxyl groups excluding tert-OH is 5. The molecule has 4 aromatic heterocycles. The number of ether oxygens (including phenoxy) is 2. The Kier molecular flexibility index (Phi) is 8.93. The smallest absolute Gasteiger partial charge is 0.394 e. The molecule has 19 nitrogen and oxygen atoms in total. The fraction of sp³-hybridized carbons (Fsp3) is 0.500. The third-order valence-electron chi connectivity index (χ3n) is 6.57. The standard InChI is InChI=1S/C10H13N4O7PS.C10H12N4O4S/c15-6-4(1-20-22(17,18)19)21-10(7(6)16)14-3-13-5-8(14)11-2-12-9(5)23;15-1-4-6(16)7(17)10(18-4)14-3-13-5-8(14)11-2-12-9(5)19/h2-4,6-7,10,15-16H,1H2,(H,11,12,23)(H2,17,18,19);2-4,6-7,10,15-17H,1H2,(H,11,12,19)/t2*4-,6-,7-,10-/m11/s1. The zero-order chi connectivity index (χ0) is 30.3. The summed E-state index contributed by atoms with van der Waals surface area (Å²) in [4.78, 5) is 39.0. The summed E-state index contributed by atoms with van der Waals surface area (Å²) in [5, 5.41) is 48.9. The Morgan fingerprint density at radius 3 is 1.69 bits per heavy atom. The Labute approximate surface area is 244 Å². The Balaban J connectivity index is 0.000000171. The number of fused-ring (bicyclic) bond motifs is 2. The lowest BCUT2D eigenvalue weighted by atomic mass is 10.1. The number of aromatic nitrogens is 8. The van der Waals surface area contributed by atoms with Crippen LogP contribution in [0.1, 0.15) is 12.5 Å². The van der Waals surface area contributed by atoms with Crippen molar-refractivity contribution in [1.29, 1.82) is 0 Å². The topological polar surface area (TPSA) is 279 Å². The monoisotopic (exact) mass is 648 g/mol. The van der Waals surface area contributed by atoms with Gasteiger partial charge in [-0.2, -0.15) is 0 Å². The second-order valence-corrected chi connectivity index (χ2v) is 11.2. The first-order chi connectivity index (χ1) is 19.9. The lowest BCUT2D eigenvalue weighted by Gasteiger charge is -2.16. The van der Waals surface area contributed by atoms with Gasteiger partial charge in [0.1, 0.15) is 59.0 Å². The molecule has 0 amide bonds. The van der Waals surface area contributed by atoms with E-state index in [-0.39, 0.29) is 11.2 Å². The Morgan fingerprint density at radius 2 is 1.26 bits per heavy atom. The van der Waals surface area contributed by atoms with Crippen LogP contribution >= 0.6 is 32.3 Å². The summed E-state index contributed by atoms with van der Waals surface area (Å²) in [6.45, 7) is -0.956. The van der Waals surface area contributed by atoms with Gasteiger partial charge in [-0.25, -0.2) is 24.5 Å². The Morgan fingerprint density at radius 1 is 0.810 bits per heavy atom. The molecule has 0 spiro atoms. The predicted octanol–water partition coefficient (Wildman–Crippen LogP) is -1.68. The van der Waals surface area contributed by atoms with Crippen molar-refractivity contribution in [3.05, 3.63) is 34.6 Å². The van der Waals surface area contributed by atoms with Crippen LogP contribution in [0.3, 0.4) is 0 Å². The van der Waals surface area contributed by atoms with Crippen molar-refractivity contribution in [2.75, 3.05) is 13.2 Å². The van der Waals surface area contributed by atoms with Crippen LogP contribution in [0.2, 0.25) is 0 Å². The summed E-state index contributed by atoms with van der Waals surface area (Å²) in [5.41, 5.74) is 1.84. The average Bonchev–Trinajstić information content (AvgIpc) is 3.70. The number of aromatic amines is 2. The van der Waals surface area contributed by atoms with E-state index in [1.54, 1.807) is 0 Å². The van der Waals surface area contributed by atoms with Gasteiger partial charge in [0.25, 0.3) is 0 Å². The number of imidazole rings is 2. The molecule has 2 aliphatic heterocycles. The maximum absolute atomic E-state index is 10.7. The molecular formula is C20H25N8O11PS2. The van der Waals surface area contributed by atoms with Crippen molar-refractivity contribution >= 4 is 54.6 Å². The van der Waals surface area contributed by atoms with Crippen molar-refractivity contribution in [2.45, 2.75) is 49.1 Å². The van der Waals surface area contributed by atoms with Gasteiger partial charge in [-0.3, -0.25) is 13.7 Å². The quantitative estimate of drug-likeness (QED) is 0.0833. The SMILES string of the molecule is O=P(O)(O)OC[C@H]1O[C@@H](n2cnc3c(=S)nc[nH]c32)[C@H](O)[C@@H]1O.OC[C@H]1O[C@@H](n2cnc3c(=S)nc[nH]c32)[C@H](O)[C@@H]1O. The molecule has 0 unspecified atom stereocenters. The minimum absolute atomic E-state index is 0.256. The van der Waals surface area contributed by atoms with E-state index in [9.17, 15) is 25.0 Å². The van der Waals surface area contributed by atoms with Crippen LogP contribution in [0.25, 0.3) is 22.3 Å². The molecule has 2 fully saturated rings. The van der Waals surface area contributed by atoms with Gasteiger partial charge in [0.05, 0.1) is 38.5 Å². The third kappa shape index (κ3) is 5.92. The summed E-state index contributed by atoms with van der Waals surface area (Å²) in [7, 11) is -4.71. The summed E-state index contributed by atoms with van der Waals surface area (Å²) >= 11 is 10.1. The average molecular weight is 649 g/mol. The lowest BCUT2D eigenvalue weighted by Crippen LogP contribution is -2.33. The first kappa shape index (κ1) is 30.8. The maximum Gasteiger partial charge on any atom is 0.469 e. The number of aliphatic hydroxyl groups is 5. The minimum atomic E-state index is -4.71. The number of phosphoric ester groups is 1. The van der Waals surface area contributed by atoms with Crippen molar-refractivity contribution in [3.8, 4) is 0 Å². The Bertz CT molecular complexity index is 1730. The number of nitrogens with zero attached hydrogens (tertiary/aromatic N) is 6. The molecule has 0 saturated carbocycles. The van der Waals surface area contributed by atoms with Crippen molar-refractivity contribution in [2.24, 2.45) is 0 Å². The van der Waals surface area contributed by atoms with E-state index in [1.165, 1.54) is 34.4 Å². The first-order valence-corrected chi connectivity index (χ1v) is 14.4. The van der Waals surface area contributed by atoms with Crippen LogP contribution in [0, 0.1) is 9.28 Å². The highest BCUT2D eigenvalue weighted by Crippen LogP contribution is 2.38. The molecule has 0 bridgehead atoms. The van der Waals surface area contributed by atoms with Crippen molar-refractivity contribution < 1.29 is 53.9 Å². The van der Waals surface area contributed by atoms with Gasteiger partial charge in [-0.15, -0.1) is 0 Å². The van der Waals surface area contributed by atoms with Crippen LogP contribution < -0.4 is 0 Å². The van der Waals surface area contributed by atoms with Gasteiger partial charge < -0.3 is 54.8 Å². The summed E-state index contributed by atoms with van der Waals surface area (Å²) in [6.07, 6.45) is -3.32. The largest absolute Gasteiger partial charge is 0.469 e. The molecule has 42 heavy (non-hydrogen) atoms. The fourth-order valence-corrected chi connectivity index (χ4v) is 5.26. The number of hydrogen-bond donors (Lipinski definition) is 9.